The Kier molecular flexibility index (Phi) is 15.7. The summed E-state index contributed by atoms with van der Waals surface area (Å²) < 4.78 is 25.0. The van der Waals surface area contributed by atoms with Crippen LogP contribution in [0.5, 0.6) is 5.75 Å². The Balaban J connectivity index is 0.000000164. The Hall–Kier alpha value is -7.96. The van der Waals surface area contributed by atoms with E-state index in [4.69, 9.17) is 3.79 Å². The number of rotatable bonds is 7. The third-order valence-corrected chi connectivity index (χ3v) is 13.7. The van der Waals surface area contributed by atoms with Gasteiger partial charge in [-0.15, -0.1) is 34.9 Å². The predicted octanol–water partition coefficient (Wildman–Crippen LogP) is 16.2. The van der Waals surface area contributed by atoms with Crippen LogP contribution in [0.2, 0.25) is 0 Å². The minimum atomic E-state index is -0.311. The normalized spacial score (nSPS) is 11.0. The zero-order valence-electron chi connectivity index (χ0n) is 41.4. The molecule has 0 aliphatic rings. The summed E-state index contributed by atoms with van der Waals surface area (Å²) in [5, 5.41) is 14.8. The molecule has 75 heavy (non-hydrogen) atoms. The van der Waals surface area contributed by atoms with Crippen LogP contribution in [-0.4, -0.2) is 45.5 Å². The summed E-state index contributed by atoms with van der Waals surface area (Å²) in [6.45, 7) is 8.60. The van der Waals surface area contributed by atoms with Crippen LogP contribution in [0.4, 0.5) is 4.39 Å². The molecule has 0 fully saturated rings. The summed E-state index contributed by atoms with van der Waals surface area (Å²) in [6, 6.07) is 75.6. The minimum Gasteiger partial charge on any atom is -0.649 e. The molecular formula is C65H54AlFIrN6O-. The van der Waals surface area contributed by atoms with Gasteiger partial charge in [-0.1, -0.05) is 143 Å². The first-order valence-corrected chi connectivity index (χ1v) is 25.0. The smallest absolute Gasteiger partial charge is 0.494 e. The van der Waals surface area contributed by atoms with Gasteiger partial charge in [0.25, 0.3) is 0 Å². The maximum Gasteiger partial charge on any atom is 0.494 e. The minimum absolute atomic E-state index is 0. The molecule has 0 atom stereocenters. The number of hydrogen-bond donors (Lipinski definition) is 0. The van der Waals surface area contributed by atoms with Crippen LogP contribution >= 0.6 is 0 Å². The van der Waals surface area contributed by atoms with E-state index < -0.39 is 0 Å². The fourth-order valence-electron chi connectivity index (χ4n) is 9.99. The molecule has 0 saturated heterocycles. The number of aryl methyl sites for hydroxylation is 2. The van der Waals surface area contributed by atoms with Crippen LogP contribution in [0.3, 0.4) is 0 Å². The third kappa shape index (κ3) is 10.1. The van der Waals surface area contributed by atoms with E-state index in [0.717, 1.165) is 33.7 Å². The molecule has 0 amide bonds. The molecule has 2 radical (unpaired) electrons. The van der Waals surface area contributed by atoms with Gasteiger partial charge in [0.1, 0.15) is 17.1 Å². The number of benzene rings is 9. The fourth-order valence-corrected chi connectivity index (χ4v) is 10.2. The van der Waals surface area contributed by atoms with Crippen LogP contribution in [0.25, 0.3) is 94.1 Å². The first kappa shape index (κ1) is 51.9. The Bertz CT molecular complexity index is 3840. The van der Waals surface area contributed by atoms with Crippen molar-refractivity contribution < 1.29 is 28.3 Å². The molecule has 13 rings (SSSR count). The fraction of sp³-hybridized carbons (Fsp3) is 0.0923. The molecule has 4 heterocycles. The standard InChI is InChI=1S/C38H28N2.C17H15FN3.C9H7NO.CH4.Al.Ir.H/c1-25-23-27(39-35-15-7-3-11-31(35)32-12-4-8-16-36(32)39)19-21-29(25)30-22-20-28(24-26(30)2)40-37-17-9-5-13-33(37)34-14-6-10-18-38(34)40;1-12(2)16-19-20-17(13-8-10-14(18)11-9-13)21(16)15-6-4-3-5-7-15;11-8-5-1-3-7-4-2-6-10-9(7)8;;;;/h3-24H,1-2H3;3-8,10-12H,1-2H3;1-6,11H;1H4;;;/q;-1;;;+1;;/p-1. The number of pyridine rings is 1. The van der Waals surface area contributed by atoms with Crippen molar-refractivity contribution in [3.05, 3.63) is 247 Å². The van der Waals surface area contributed by atoms with Gasteiger partial charge in [-0.2, -0.15) is 5.10 Å². The second kappa shape index (κ2) is 22.7. The molecule has 370 valence electrons. The van der Waals surface area contributed by atoms with Gasteiger partial charge >= 0.3 is 16.6 Å². The first-order valence-electron chi connectivity index (χ1n) is 24.4. The number of nitrogens with zero attached hydrogens (tertiary/aromatic N) is 6. The van der Waals surface area contributed by atoms with E-state index in [1.165, 1.54) is 106 Å². The Morgan fingerprint density at radius 3 is 1.48 bits per heavy atom. The Morgan fingerprint density at radius 1 is 0.520 bits per heavy atom. The predicted molar refractivity (Wildman–Crippen MR) is 306 cm³/mol. The van der Waals surface area contributed by atoms with E-state index >= 15 is 0 Å². The molecule has 10 heteroatoms. The molecule has 0 aliphatic heterocycles. The summed E-state index contributed by atoms with van der Waals surface area (Å²) in [6.07, 6.45) is 1.77. The summed E-state index contributed by atoms with van der Waals surface area (Å²) in [7, 11) is 0. The van der Waals surface area contributed by atoms with Crippen molar-refractivity contribution in [2.45, 2.75) is 41.0 Å². The van der Waals surface area contributed by atoms with Crippen molar-refractivity contribution in [2.75, 3.05) is 0 Å². The number of hydrogen-bond acceptors (Lipinski definition) is 4. The summed E-state index contributed by atoms with van der Waals surface area (Å²) in [5.74, 6) is 2.30. The molecule has 0 unspecified atom stereocenters. The second-order valence-electron chi connectivity index (χ2n) is 18.3. The largest absolute Gasteiger partial charge is 0.649 e. The zero-order chi connectivity index (χ0) is 50.0. The molecule has 0 N–H and O–H groups in total. The van der Waals surface area contributed by atoms with Crippen LogP contribution in [0.1, 0.15) is 44.1 Å². The quantitative estimate of drug-likeness (QED) is 0.118. The van der Waals surface area contributed by atoms with Crippen LogP contribution < -0.4 is 3.79 Å². The number of halogens is 1. The van der Waals surface area contributed by atoms with Gasteiger partial charge in [0, 0.05) is 82.0 Å². The van der Waals surface area contributed by atoms with Gasteiger partial charge in [0.15, 0.2) is 0 Å². The summed E-state index contributed by atoms with van der Waals surface area (Å²) >= 11 is 1.47. The van der Waals surface area contributed by atoms with Crippen molar-refractivity contribution in [1.29, 1.82) is 0 Å². The molecule has 0 spiro atoms. The molecule has 4 aromatic heterocycles. The van der Waals surface area contributed by atoms with Gasteiger partial charge in [-0.25, -0.2) is 0 Å². The second-order valence-corrected chi connectivity index (χ2v) is 18.6. The molecule has 0 saturated carbocycles. The average Bonchev–Trinajstić information content (AvgIpc) is 4.14. The van der Waals surface area contributed by atoms with Gasteiger partial charge in [-0.05, 0) is 109 Å². The van der Waals surface area contributed by atoms with E-state index in [0.29, 0.717) is 5.82 Å². The van der Waals surface area contributed by atoms with E-state index in [-0.39, 0.29) is 39.3 Å². The van der Waals surface area contributed by atoms with E-state index in [2.05, 4.69) is 192 Å². The molecule has 0 bridgehead atoms. The SMILES string of the molecule is C.CC(C)c1nnc(-c2[c-]cc(F)cc2)n1-c1ccccc1.Cc1cc(-n2c3ccccc3c3ccccc32)ccc1-c1ccc(-n2c3ccccc3c3ccccc32)cc1C.[AlH][O]c1cccc2cccnc12.[Ir]. The van der Waals surface area contributed by atoms with E-state index in [9.17, 15) is 4.39 Å². The third-order valence-electron chi connectivity index (χ3n) is 13.4. The molecule has 13 aromatic rings. The van der Waals surface area contributed by atoms with Crippen molar-refractivity contribution in [2.24, 2.45) is 0 Å². The molecular weight excluding hydrogens is 1120 g/mol. The number of para-hydroxylation sites is 6. The van der Waals surface area contributed by atoms with Gasteiger partial charge < -0.3 is 17.5 Å². The molecule has 7 nitrogen and oxygen atoms in total. The van der Waals surface area contributed by atoms with Gasteiger partial charge in [-0.3, -0.25) is 9.37 Å². The Labute approximate surface area is 459 Å². The van der Waals surface area contributed by atoms with Gasteiger partial charge in [0.05, 0.1) is 27.9 Å². The first-order chi connectivity index (χ1) is 35.8. The maximum absolute atomic E-state index is 13.1. The average molecular weight is 1170 g/mol. The van der Waals surface area contributed by atoms with Crippen molar-refractivity contribution in [3.8, 4) is 45.3 Å². The topological polar surface area (TPSA) is 62.7 Å². The van der Waals surface area contributed by atoms with Crippen LogP contribution in [0, 0.1) is 25.7 Å². The van der Waals surface area contributed by atoms with E-state index in [1.807, 2.05) is 65.2 Å². The Morgan fingerprint density at radius 2 is 1.01 bits per heavy atom. The zero-order valence-corrected chi connectivity index (χ0v) is 45.2. The van der Waals surface area contributed by atoms with Crippen molar-refractivity contribution >= 4 is 71.1 Å². The maximum atomic E-state index is 13.1. The molecule has 9 aromatic carbocycles. The van der Waals surface area contributed by atoms with E-state index in [1.54, 1.807) is 12.3 Å². The number of fused-ring (bicyclic) bond motifs is 7. The molecule has 0 aliphatic carbocycles. The van der Waals surface area contributed by atoms with Crippen LogP contribution in [0.15, 0.2) is 219 Å². The summed E-state index contributed by atoms with van der Waals surface area (Å²) in [4.78, 5) is 4.23. The van der Waals surface area contributed by atoms with Crippen molar-refractivity contribution in [1.82, 2.24) is 28.9 Å². The van der Waals surface area contributed by atoms with Crippen LogP contribution in [-0.2, 0) is 20.1 Å². The van der Waals surface area contributed by atoms with Crippen molar-refractivity contribution in [3.63, 3.8) is 0 Å². The number of aromatic nitrogens is 6. The van der Waals surface area contributed by atoms with Gasteiger partial charge in [0.2, 0.25) is 0 Å². The summed E-state index contributed by atoms with van der Waals surface area (Å²) in [5.41, 5.74) is 15.1. The monoisotopic (exact) mass is 1170 g/mol.